The lowest BCUT2D eigenvalue weighted by molar-refractivity contribution is -0.132. The van der Waals surface area contributed by atoms with Crippen LogP contribution >= 0.6 is 0 Å². The number of carbonyl (C=O) groups excluding carboxylic acids is 1. The molecule has 2 rings (SSSR count). The lowest BCUT2D eigenvalue weighted by Crippen LogP contribution is -2.45. The second-order valence-electron chi connectivity index (χ2n) is 5.13. The molecule has 1 aromatic heterocycles. The zero-order chi connectivity index (χ0) is 13.0. The predicted molar refractivity (Wildman–Crippen MR) is 71.1 cm³/mol. The van der Waals surface area contributed by atoms with E-state index < -0.39 is 0 Å². The van der Waals surface area contributed by atoms with Gasteiger partial charge in [0.2, 0.25) is 5.91 Å². The van der Waals surface area contributed by atoms with Crippen LogP contribution < -0.4 is 5.73 Å². The molecule has 1 aliphatic heterocycles. The lowest BCUT2D eigenvalue weighted by Gasteiger charge is -2.31. The van der Waals surface area contributed by atoms with E-state index in [2.05, 4.69) is 11.9 Å². The Hall–Kier alpha value is -1.42. The molecule has 2 unspecified atom stereocenters. The molecule has 98 valence electrons. The molecule has 1 aliphatic rings. The molecule has 1 fully saturated rings. The number of piperidine rings is 1. The van der Waals surface area contributed by atoms with Crippen molar-refractivity contribution in [3.63, 3.8) is 0 Å². The number of nitrogens with zero attached hydrogens (tertiary/aromatic N) is 2. The van der Waals surface area contributed by atoms with E-state index in [-0.39, 0.29) is 17.9 Å². The first-order chi connectivity index (χ1) is 8.66. The summed E-state index contributed by atoms with van der Waals surface area (Å²) in [6.07, 6.45) is 6.15. The fourth-order valence-corrected chi connectivity index (χ4v) is 2.44. The van der Waals surface area contributed by atoms with Gasteiger partial charge in [0.1, 0.15) is 0 Å². The van der Waals surface area contributed by atoms with E-state index in [1.54, 1.807) is 12.4 Å². The summed E-state index contributed by atoms with van der Waals surface area (Å²) in [5.74, 6) is 0.452. The third kappa shape index (κ3) is 3.29. The van der Waals surface area contributed by atoms with Crippen molar-refractivity contribution in [3.8, 4) is 0 Å². The van der Waals surface area contributed by atoms with Crippen LogP contribution in [0.2, 0.25) is 0 Å². The monoisotopic (exact) mass is 247 g/mol. The Morgan fingerprint density at radius 2 is 2.28 bits per heavy atom. The second kappa shape index (κ2) is 5.96. The molecular weight excluding hydrogens is 226 g/mol. The van der Waals surface area contributed by atoms with Crippen molar-refractivity contribution in [2.45, 2.75) is 38.1 Å². The van der Waals surface area contributed by atoms with Crippen molar-refractivity contribution in [3.05, 3.63) is 30.1 Å². The van der Waals surface area contributed by atoms with Gasteiger partial charge in [0.05, 0.1) is 0 Å². The maximum Gasteiger partial charge on any atom is 0.223 e. The number of hydrogen-bond acceptors (Lipinski definition) is 3. The Morgan fingerprint density at radius 1 is 1.56 bits per heavy atom. The van der Waals surface area contributed by atoms with E-state index in [1.165, 1.54) is 5.56 Å². The molecule has 1 amide bonds. The summed E-state index contributed by atoms with van der Waals surface area (Å²) in [5.41, 5.74) is 7.07. The number of rotatable bonds is 3. The summed E-state index contributed by atoms with van der Waals surface area (Å²) >= 11 is 0. The first-order valence-corrected chi connectivity index (χ1v) is 6.60. The van der Waals surface area contributed by atoms with Crippen LogP contribution in [0.3, 0.4) is 0 Å². The van der Waals surface area contributed by atoms with Crippen LogP contribution in [0.1, 0.15) is 37.7 Å². The number of likely N-dealkylation sites (tertiary alicyclic amines) is 1. The third-order valence-corrected chi connectivity index (χ3v) is 3.57. The number of hydrogen-bond donors (Lipinski definition) is 1. The van der Waals surface area contributed by atoms with Gasteiger partial charge in [-0.2, -0.15) is 0 Å². The normalized spacial score (nSPS) is 21.7. The van der Waals surface area contributed by atoms with Gasteiger partial charge < -0.3 is 10.6 Å². The largest absolute Gasteiger partial charge is 0.341 e. The molecule has 4 heteroatoms. The molecule has 0 aromatic carbocycles. The highest BCUT2D eigenvalue weighted by Gasteiger charge is 2.22. The minimum Gasteiger partial charge on any atom is -0.341 e. The van der Waals surface area contributed by atoms with Gasteiger partial charge in [-0.3, -0.25) is 9.78 Å². The Bertz CT molecular complexity index is 393. The predicted octanol–water partition coefficient (Wildman–Crippen LogP) is 1.52. The highest BCUT2D eigenvalue weighted by atomic mass is 16.2. The standard InChI is InChI=1S/C14H21N3O/c1-11(12-4-6-16-7-5-12)9-14(18)17-8-2-3-13(15)10-17/h4-7,11,13H,2-3,8-10,15H2,1H3. The fourth-order valence-electron chi connectivity index (χ4n) is 2.44. The van der Waals surface area contributed by atoms with Crippen molar-refractivity contribution in [1.29, 1.82) is 0 Å². The highest BCUT2D eigenvalue weighted by Crippen LogP contribution is 2.20. The SMILES string of the molecule is CC(CC(=O)N1CCCC(N)C1)c1ccncc1. The van der Waals surface area contributed by atoms with Crippen LogP contribution in [0.15, 0.2) is 24.5 Å². The molecular formula is C14H21N3O. The summed E-state index contributed by atoms with van der Waals surface area (Å²) < 4.78 is 0. The molecule has 18 heavy (non-hydrogen) atoms. The van der Waals surface area contributed by atoms with E-state index in [4.69, 9.17) is 5.73 Å². The topological polar surface area (TPSA) is 59.2 Å². The Morgan fingerprint density at radius 3 is 2.94 bits per heavy atom. The summed E-state index contributed by atoms with van der Waals surface area (Å²) in [6.45, 7) is 3.65. The van der Waals surface area contributed by atoms with Crippen molar-refractivity contribution >= 4 is 5.91 Å². The Balaban J connectivity index is 1.91. The quantitative estimate of drug-likeness (QED) is 0.881. The number of nitrogens with two attached hydrogens (primary N) is 1. The first-order valence-electron chi connectivity index (χ1n) is 6.60. The van der Waals surface area contributed by atoms with E-state index >= 15 is 0 Å². The van der Waals surface area contributed by atoms with Crippen molar-refractivity contribution in [2.75, 3.05) is 13.1 Å². The maximum atomic E-state index is 12.2. The average molecular weight is 247 g/mol. The molecule has 0 spiro atoms. The molecule has 4 nitrogen and oxygen atoms in total. The molecule has 1 aromatic rings. The van der Waals surface area contributed by atoms with Crippen LogP contribution in [0.25, 0.3) is 0 Å². The first kappa shape index (κ1) is 13.0. The third-order valence-electron chi connectivity index (χ3n) is 3.57. The lowest BCUT2D eigenvalue weighted by atomic mass is 9.97. The minimum atomic E-state index is 0.152. The summed E-state index contributed by atoms with van der Waals surface area (Å²) in [5, 5.41) is 0. The number of amides is 1. The fraction of sp³-hybridized carbons (Fsp3) is 0.571. The summed E-state index contributed by atoms with van der Waals surface area (Å²) in [7, 11) is 0. The smallest absolute Gasteiger partial charge is 0.223 e. The minimum absolute atomic E-state index is 0.152. The van der Waals surface area contributed by atoms with Crippen LogP contribution in [0.4, 0.5) is 0 Å². The van der Waals surface area contributed by atoms with Gasteiger partial charge in [-0.05, 0) is 36.5 Å². The molecule has 2 N–H and O–H groups in total. The number of pyridine rings is 1. The van der Waals surface area contributed by atoms with Crippen LogP contribution in [0, 0.1) is 0 Å². The van der Waals surface area contributed by atoms with Crippen molar-refractivity contribution in [1.82, 2.24) is 9.88 Å². The second-order valence-corrected chi connectivity index (χ2v) is 5.13. The molecule has 0 saturated carbocycles. The van der Waals surface area contributed by atoms with Gasteiger partial charge in [0.25, 0.3) is 0 Å². The molecule has 0 aliphatic carbocycles. The van der Waals surface area contributed by atoms with E-state index in [9.17, 15) is 4.79 Å². The molecule has 2 atom stereocenters. The highest BCUT2D eigenvalue weighted by molar-refractivity contribution is 5.77. The van der Waals surface area contributed by atoms with E-state index in [1.807, 2.05) is 17.0 Å². The van der Waals surface area contributed by atoms with Gasteiger partial charge in [-0.1, -0.05) is 6.92 Å². The molecule has 0 radical (unpaired) electrons. The maximum absolute atomic E-state index is 12.2. The van der Waals surface area contributed by atoms with Crippen molar-refractivity contribution < 1.29 is 4.79 Å². The molecule has 2 heterocycles. The van der Waals surface area contributed by atoms with Gasteiger partial charge in [-0.15, -0.1) is 0 Å². The van der Waals surface area contributed by atoms with Gasteiger partial charge >= 0.3 is 0 Å². The van der Waals surface area contributed by atoms with Crippen LogP contribution in [0.5, 0.6) is 0 Å². The molecule has 1 saturated heterocycles. The van der Waals surface area contributed by atoms with Gasteiger partial charge in [0.15, 0.2) is 0 Å². The van der Waals surface area contributed by atoms with Gasteiger partial charge in [0, 0.05) is 37.9 Å². The van der Waals surface area contributed by atoms with E-state index in [0.717, 1.165) is 19.4 Å². The zero-order valence-corrected chi connectivity index (χ0v) is 10.9. The number of carbonyl (C=O) groups is 1. The average Bonchev–Trinajstić information content (AvgIpc) is 2.39. The van der Waals surface area contributed by atoms with Gasteiger partial charge in [-0.25, -0.2) is 0 Å². The Labute approximate surface area is 108 Å². The Kier molecular flexibility index (Phi) is 4.31. The van der Waals surface area contributed by atoms with Crippen LogP contribution in [-0.2, 0) is 4.79 Å². The van der Waals surface area contributed by atoms with Crippen molar-refractivity contribution in [2.24, 2.45) is 5.73 Å². The number of aromatic nitrogens is 1. The summed E-state index contributed by atoms with van der Waals surface area (Å²) in [4.78, 5) is 18.1. The van der Waals surface area contributed by atoms with Crippen LogP contribution in [-0.4, -0.2) is 34.9 Å². The molecule has 0 bridgehead atoms. The van der Waals surface area contributed by atoms with E-state index in [0.29, 0.717) is 13.0 Å². The zero-order valence-electron chi connectivity index (χ0n) is 10.9. The summed E-state index contributed by atoms with van der Waals surface area (Å²) in [6, 6.07) is 4.10.